The third-order valence-corrected chi connectivity index (χ3v) is 30.4. The van der Waals surface area contributed by atoms with E-state index in [9.17, 15) is 0 Å². The monoisotopic (exact) mass is 1870 g/mol. The Balaban J connectivity index is 0.000000106. The molecule has 5 aromatic heterocycles. The summed E-state index contributed by atoms with van der Waals surface area (Å²) in [5.41, 5.74) is 18.2. The van der Waals surface area contributed by atoms with Crippen molar-refractivity contribution in [2.45, 2.75) is 19.3 Å². The first-order valence-electron chi connectivity index (χ1n) is 49.1. The number of fused-ring (bicyclic) bond motifs is 29. The van der Waals surface area contributed by atoms with Gasteiger partial charge in [-0.2, -0.15) is 0 Å². The fourth-order valence-electron chi connectivity index (χ4n) is 22.2. The standard InChI is InChI=1S/C46H31N3.C45H27N3S.C43H25N3O/c1-46(2)40-15-9-8-14-36(40)38-25-24-37-39(42(38)46)23-20-29-17-18-32-27-34(21-22-35(32)41(29)37)45-48-43(30-11-4-3-5-12-30)47-44(49-45)33-19-16-28-10-6-7-13-31(28)26-33;1-3-9-28(10-4-1)29-15-18-32(19-16-29)44-46-43(31-11-5-2-6-12-31)47-45(48-44)34-22-23-35-33(27-34)20-17-30-21-24-39-37(41(30)35)25-26-38-36-13-7-8-14-40(36)49-42(38)39;1-2-9-28(10-3-1)41-44-42(31-17-14-26-8-4-5-11-29(26)24-31)46-43(45-41)32-19-20-33-30(25-32)16-15-27-18-21-35-34(39(27)33)22-23-38-40(35)36-12-6-7-13-37(36)47-38/h3-27H,1-2H3;1-27H;1-25H. The number of furan rings is 1. The lowest BCUT2D eigenvalue weighted by Crippen LogP contribution is -2.15. The molecule has 0 spiro atoms. The first-order chi connectivity index (χ1) is 71.6. The van der Waals surface area contributed by atoms with E-state index in [1.54, 1.807) is 0 Å². The molecule has 10 nitrogen and oxygen atoms in total. The molecule has 11 heteroatoms. The van der Waals surface area contributed by atoms with Crippen LogP contribution in [0.25, 0.3) is 285 Å². The minimum Gasteiger partial charge on any atom is -0.456 e. The third-order valence-electron chi connectivity index (χ3n) is 29.2. The maximum atomic E-state index is 6.21. The molecule has 0 bridgehead atoms. The van der Waals surface area contributed by atoms with Crippen molar-refractivity contribution >= 4 is 172 Å². The molecule has 24 aromatic carbocycles. The van der Waals surface area contributed by atoms with Gasteiger partial charge in [0.2, 0.25) is 0 Å². The van der Waals surface area contributed by atoms with Crippen LogP contribution in [-0.2, 0) is 5.41 Å². The van der Waals surface area contributed by atoms with E-state index in [0.717, 1.165) is 105 Å². The molecule has 0 N–H and O–H groups in total. The Bertz CT molecular complexity index is 10400. The summed E-state index contributed by atoms with van der Waals surface area (Å²) in [5.74, 6) is 5.91. The molecular weight excluding hydrogens is 1780 g/mol. The second kappa shape index (κ2) is 34.3. The lowest BCUT2D eigenvalue weighted by molar-refractivity contribution is 0.666. The normalized spacial score (nSPS) is 12.3. The predicted molar refractivity (Wildman–Crippen MR) is 604 cm³/mol. The van der Waals surface area contributed by atoms with Gasteiger partial charge in [-0.1, -0.05) is 426 Å². The molecule has 145 heavy (non-hydrogen) atoms. The lowest BCUT2D eigenvalue weighted by atomic mass is 9.79. The number of para-hydroxylation sites is 1. The average molecular weight is 1870 g/mol. The SMILES string of the molecule is CC1(C)c2ccccc2-c2ccc3c(ccc4ccc5cc(-c6nc(-c7ccccc7)nc(-c7ccc8ccccc8c7)n6)ccc5c43)c21.c1ccc(-c2ccc(-c3nc(-c4ccccc4)nc(-c4ccc5c(ccc6ccc7c(ccc8c9ccccc9sc87)c65)c4)n3)cc2)cc1.c1ccc(-c2nc(-c3ccc4ccccc4c3)nc(-c3ccc4c(ccc5ccc6c(ccc7oc8ccccc8c76)c54)c3)n2)cc1. The summed E-state index contributed by atoms with van der Waals surface area (Å²) >= 11 is 1.88. The zero-order chi connectivity index (χ0) is 95.9. The maximum absolute atomic E-state index is 6.21. The van der Waals surface area contributed by atoms with E-state index >= 15 is 0 Å². The number of benzene rings is 24. The highest BCUT2D eigenvalue weighted by Crippen LogP contribution is 2.54. The van der Waals surface area contributed by atoms with Crippen molar-refractivity contribution in [3.05, 3.63) is 478 Å². The number of rotatable bonds is 10. The van der Waals surface area contributed by atoms with E-state index in [0.29, 0.717) is 52.4 Å². The zero-order valence-electron chi connectivity index (χ0n) is 78.8. The number of hydrogen-bond acceptors (Lipinski definition) is 11. The van der Waals surface area contributed by atoms with Crippen molar-refractivity contribution in [2.75, 3.05) is 0 Å². The number of thiophene rings is 1. The van der Waals surface area contributed by atoms with Crippen molar-refractivity contribution in [1.29, 1.82) is 0 Å². The highest BCUT2D eigenvalue weighted by atomic mass is 32.1. The Morgan fingerprint density at radius 3 is 0.979 bits per heavy atom. The second-order valence-electron chi connectivity index (χ2n) is 38.1. The highest BCUT2D eigenvalue weighted by Gasteiger charge is 2.37. The fourth-order valence-corrected chi connectivity index (χ4v) is 23.4. The first-order valence-corrected chi connectivity index (χ1v) is 49.9. The van der Waals surface area contributed by atoms with Crippen LogP contribution in [0.4, 0.5) is 0 Å². The van der Waals surface area contributed by atoms with Crippen LogP contribution in [0.1, 0.15) is 25.0 Å². The fraction of sp³-hybridized carbons (Fsp3) is 0.0224. The van der Waals surface area contributed by atoms with Gasteiger partial charge in [0.15, 0.2) is 52.4 Å². The molecule has 29 aromatic rings. The van der Waals surface area contributed by atoms with Crippen LogP contribution < -0.4 is 0 Å². The summed E-state index contributed by atoms with van der Waals surface area (Å²) < 4.78 is 8.88. The molecule has 1 aliphatic rings. The molecule has 0 radical (unpaired) electrons. The van der Waals surface area contributed by atoms with E-state index in [1.165, 1.54) is 140 Å². The molecule has 0 aliphatic heterocycles. The minimum absolute atomic E-state index is 0.0746. The molecule has 5 heterocycles. The Morgan fingerprint density at radius 1 is 0.179 bits per heavy atom. The van der Waals surface area contributed by atoms with E-state index in [-0.39, 0.29) is 5.41 Å². The van der Waals surface area contributed by atoms with Gasteiger partial charge in [-0.15, -0.1) is 11.3 Å². The molecular formula is C134H83N9OS. The van der Waals surface area contributed by atoms with Crippen LogP contribution in [0, 0.1) is 0 Å². The number of hydrogen-bond donors (Lipinski definition) is 0. The maximum Gasteiger partial charge on any atom is 0.164 e. The van der Waals surface area contributed by atoms with Gasteiger partial charge in [0.25, 0.3) is 0 Å². The van der Waals surface area contributed by atoms with Gasteiger partial charge < -0.3 is 4.42 Å². The smallest absolute Gasteiger partial charge is 0.164 e. The summed E-state index contributed by atoms with van der Waals surface area (Å²) in [6.45, 7) is 4.72. The van der Waals surface area contributed by atoms with Gasteiger partial charge in [-0.3, -0.25) is 0 Å². The first kappa shape index (κ1) is 84.3. The topological polar surface area (TPSA) is 129 Å². The lowest BCUT2D eigenvalue weighted by Gasteiger charge is -2.23. The molecule has 676 valence electrons. The predicted octanol–water partition coefficient (Wildman–Crippen LogP) is 35.5. The van der Waals surface area contributed by atoms with E-state index in [4.69, 9.17) is 49.3 Å². The number of aromatic nitrogens is 9. The Morgan fingerprint density at radius 2 is 0.476 bits per heavy atom. The second-order valence-corrected chi connectivity index (χ2v) is 39.2. The summed E-state index contributed by atoms with van der Waals surface area (Å²) in [4.78, 5) is 45.1. The van der Waals surface area contributed by atoms with Crippen molar-refractivity contribution < 1.29 is 4.42 Å². The Labute approximate surface area is 837 Å². The molecule has 30 rings (SSSR count). The summed E-state index contributed by atoms with van der Waals surface area (Å²) in [5, 5.41) is 31.8. The zero-order valence-corrected chi connectivity index (χ0v) is 79.6. The largest absolute Gasteiger partial charge is 0.456 e. The van der Waals surface area contributed by atoms with Crippen LogP contribution in [0.15, 0.2) is 472 Å². The summed E-state index contributed by atoms with van der Waals surface area (Å²) in [7, 11) is 0. The van der Waals surface area contributed by atoms with Gasteiger partial charge in [-0.25, -0.2) is 44.9 Å². The molecule has 0 fully saturated rings. The molecule has 0 amide bonds. The Hall–Kier alpha value is -18.8. The number of nitrogens with zero attached hydrogens (tertiary/aromatic N) is 9. The van der Waals surface area contributed by atoms with Gasteiger partial charge in [-0.05, 0) is 201 Å². The van der Waals surface area contributed by atoms with Gasteiger partial charge in [0.1, 0.15) is 11.2 Å². The van der Waals surface area contributed by atoms with Gasteiger partial charge in [0, 0.05) is 91.8 Å². The van der Waals surface area contributed by atoms with Gasteiger partial charge in [0.05, 0.1) is 0 Å². The quantitative estimate of drug-likeness (QED) is 0.122. The molecule has 0 saturated heterocycles. The molecule has 0 unspecified atom stereocenters. The van der Waals surface area contributed by atoms with Gasteiger partial charge >= 0.3 is 0 Å². The molecule has 1 aliphatic carbocycles. The van der Waals surface area contributed by atoms with Crippen LogP contribution in [0.2, 0.25) is 0 Å². The van der Waals surface area contributed by atoms with Crippen LogP contribution in [-0.4, -0.2) is 44.9 Å². The van der Waals surface area contributed by atoms with Crippen molar-refractivity contribution in [3.8, 4) is 125 Å². The van der Waals surface area contributed by atoms with Crippen LogP contribution in [0.3, 0.4) is 0 Å². The Kier molecular flexibility index (Phi) is 19.9. The average Bonchev–Trinajstić information content (AvgIpc) is 1.56. The summed E-state index contributed by atoms with van der Waals surface area (Å²) in [6.07, 6.45) is 0. The van der Waals surface area contributed by atoms with Crippen molar-refractivity contribution in [2.24, 2.45) is 0 Å². The van der Waals surface area contributed by atoms with E-state index < -0.39 is 0 Å². The van der Waals surface area contributed by atoms with Crippen LogP contribution in [0.5, 0.6) is 0 Å². The van der Waals surface area contributed by atoms with E-state index in [1.807, 2.05) is 108 Å². The molecule has 0 atom stereocenters. The van der Waals surface area contributed by atoms with Crippen molar-refractivity contribution in [3.63, 3.8) is 0 Å². The van der Waals surface area contributed by atoms with Crippen LogP contribution >= 0.6 is 11.3 Å². The third kappa shape index (κ3) is 14.6. The van der Waals surface area contributed by atoms with E-state index in [2.05, 4.69) is 384 Å². The highest BCUT2D eigenvalue weighted by molar-refractivity contribution is 7.26. The summed E-state index contributed by atoms with van der Waals surface area (Å²) in [6, 6.07) is 165. The molecule has 0 saturated carbocycles. The van der Waals surface area contributed by atoms with Crippen molar-refractivity contribution in [1.82, 2.24) is 44.9 Å². The minimum atomic E-state index is -0.0746.